The van der Waals surface area contributed by atoms with E-state index in [1.54, 1.807) is 0 Å². The van der Waals surface area contributed by atoms with Gasteiger partial charge in [0.2, 0.25) is 0 Å². The van der Waals surface area contributed by atoms with Crippen LogP contribution in [0.1, 0.15) is 30.6 Å². The van der Waals surface area contributed by atoms with Crippen LogP contribution >= 0.6 is 34.8 Å². The first-order valence-corrected chi connectivity index (χ1v) is 8.48. The molecule has 0 saturated heterocycles. The minimum Gasteiger partial charge on any atom is -0.467 e. The molecule has 0 saturated carbocycles. The molecule has 6 nitrogen and oxygen atoms in total. The lowest BCUT2D eigenvalue weighted by atomic mass is 10.0. The average Bonchev–Trinajstić information content (AvgIpc) is 2.55. The number of ether oxygens (including phenoxy) is 2. The van der Waals surface area contributed by atoms with Gasteiger partial charge in [0.05, 0.1) is 27.7 Å². The summed E-state index contributed by atoms with van der Waals surface area (Å²) in [7, 11) is 1.23. The van der Waals surface area contributed by atoms with Crippen molar-refractivity contribution >= 4 is 52.6 Å². The number of benzene rings is 1. The highest BCUT2D eigenvalue weighted by atomic mass is 35.5. The smallest absolute Gasteiger partial charge is 0.341 e. The summed E-state index contributed by atoms with van der Waals surface area (Å²) in [6, 6.07) is 2.00. The summed E-state index contributed by atoms with van der Waals surface area (Å²) in [6.45, 7) is 3.18. The first kappa shape index (κ1) is 21.5. The van der Waals surface area contributed by atoms with Gasteiger partial charge >= 0.3 is 11.9 Å². The molecule has 1 rings (SSSR count). The van der Waals surface area contributed by atoms with E-state index < -0.39 is 30.5 Å². The molecule has 25 heavy (non-hydrogen) atoms. The molecule has 1 aromatic rings. The van der Waals surface area contributed by atoms with Gasteiger partial charge in [0.15, 0.2) is 6.61 Å². The van der Waals surface area contributed by atoms with Gasteiger partial charge < -0.3 is 14.8 Å². The van der Waals surface area contributed by atoms with Crippen molar-refractivity contribution in [3.05, 3.63) is 32.8 Å². The summed E-state index contributed by atoms with van der Waals surface area (Å²) in [5, 5.41) is 2.58. The Morgan fingerprint density at radius 2 is 1.72 bits per heavy atom. The molecule has 0 spiro atoms. The van der Waals surface area contributed by atoms with E-state index >= 15 is 0 Å². The minimum atomic E-state index is -0.897. The van der Waals surface area contributed by atoms with Crippen molar-refractivity contribution in [3.63, 3.8) is 0 Å². The fourth-order valence-electron chi connectivity index (χ4n) is 1.98. The highest BCUT2D eigenvalue weighted by Crippen LogP contribution is 2.31. The summed E-state index contributed by atoms with van der Waals surface area (Å²) in [6.07, 6.45) is 0.387. The van der Waals surface area contributed by atoms with Crippen LogP contribution in [0.25, 0.3) is 0 Å². The van der Waals surface area contributed by atoms with Crippen molar-refractivity contribution in [1.29, 1.82) is 0 Å². The van der Waals surface area contributed by atoms with Crippen LogP contribution in [0.3, 0.4) is 0 Å². The summed E-state index contributed by atoms with van der Waals surface area (Å²) in [5.74, 6) is -1.98. The van der Waals surface area contributed by atoms with Gasteiger partial charge in [0, 0.05) is 0 Å². The third-order valence-corrected chi connectivity index (χ3v) is 4.23. The van der Waals surface area contributed by atoms with E-state index in [1.807, 2.05) is 13.8 Å². The van der Waals surface area contributed by atoms with Crippen LogP contribution in [0, 0.1) is 5.92 Å². The predicted molar refractivity (Wildman–Crippen MR) is 95.2 cm³/mol. The number of amides is 1. The molecule has 138 valence electrons. The number of nitrogens with one attached hydrogen (secondary N) is 1. The van der Waals surface area contributed by atoms with E-state index in [-0.39, 0.29) is 26.5 Å². The van der Waals surface area contributed by atoms with Crippen molar-refractivity contribution in [3.8, 4) is 0 Å². The maximum atomic E-state index is 12.1. The summed E-state index contributed by atoms with van der Waals surface area (Å²) >= 11 is 17.7. The fraction of sp³-hybridized carbons (Fsp3) is 0.438. The van der Waals surface area contributed by atoms with Gasteiger partial charge in [-0.15, -0.1) is 0 Å². The van der Waals surface area contributed by atoms with Crippen LogP contribution in [-0.4, -0.2) is 37.6 Å². The number of carbonyl (C=O) groups excluding carboxylic acids is 3. The van der Waals surface area contributed by atoms with Crippen LogP contribution in [0.5, 0.6) is 0 Å². The zero-order valence-electron chi connectivity index (χ0n) is 13.9. The second-order valence-corrected chi connectivity index (χ2v) is 6.76. The van der Waals surface area contributed by atoms with Crippen LogP contribution in [0.4, 0.5) is 0 Å². The number of hydrogen-bond acceptors (Lipinski definition) is 5. The molecular formula is C16H18Cl3NO5. The zero-order valence-corrected chi connectivity index (χ0v) is 16.2. The van der Waals surface area contributed by atoms with Crippen molar-refractivity contribution in [2.45, 2.75) is 26.3 Å². The van der Waals surface area contributed by atoms with Gasteiger partial charge in [-0.25, -0.2) is 9.59 Å². The molecular weight excluding hydrogens is 393 g/mol. The normalized spacial score (nSPS) is 11.8. The Bertz CT molecular complexity index is 663. The van der Waals surface area contributed by atoms with Crippen LogP contribution in [-0.2, 0) is 19.1 Å². The Morgan fingerprint density at radius 1 is 1.12 bits per heavy atom. The summed E-state index contributed by atoms with van der Waals surface area (Å²) in [4.78, 5) is 35.7. The number of hydrogen-bond donors (Lipinski definition) is 1. The minimum absolute atomic E-state index is 0.0482. The van der Waals surface area contributed by atoms with Crippen LogP contribution in [0.2, 0.25) is 15.1 Å². The molecule has 1 atom stereocenters. The lowest BCUT2D eigenvalue weighted by Crippen LogP contribution is -2.44. The van der Waals surface area contributed by atoms with Crippen molar-refractivity contribution in [2.24, 2.45) is 5.92 Å². The second-order valence-electron chi connectivity index (χ2n) is 5.57. The molecule has 0 aliphatic carbocycles. The van der Waals surface area contributed by atoms with Gasteiger partial charge in [0.25, 0.3) is 5.91 Å². The van der Waals surface area contributed by atoms with Gasteiger partial charge in [-0.3, -0.25) is 4.79 Å². The molecule has 9 heteroatoms. The van der Waals surface area contributed by atoms with Crippen LogP contribution < -0.4 is 5.32 Å². The van der Waals surface area contributed by atoms with E-state index in [0.29, 0.717) is 6.42 Å². The predicted octanol–water partition coefficient (Wildman–Crippen LogP) is 3.51. The van der Waals surface area contributed by atoms with E-state index in [4.69, 9.17) is 39.5 Å². The van der Waals surface area contributed by atoms with Gasteiger partial charge in [-0.1, -0.05) is 48.7 Å². The molecule has 1 unspecified atom stereocenters. The summed E-state index contributed by atoms with van der Waals surface area (Å²) in [5.41, 5.74) is -0.129. The topological polar surface area (TPSA) is 81.7 Å². The third kappa shape index (κ3) is 6.38. The largest absolute Gasteiger partial charge is 0.467 e. The maximum Gasteiger partial charge on any atom is 0.341 e. The molecule has 0 heterocycles. The lowest BCUT2D eigenvalue weighted by molar-refractivity contribution is -0.145. The highest BCUT2D eigenvalue weighted by molar-refractivity contribution is 6.46. The average molecular weight is 411 g/mol. The van der Waals surface area contributed by atoms with Crippen molar-refractivity contribution in [1.82, 2.24) is 5.32 Å². The molecule has 0 aliphatic rings. The molecule has 0 bridgehead atoms. The number of rotatable bonds is 7. The van der Waals surface area contributed by atoms with E-state index in [2.05, 4.69) is 10.1 Å². The molecule has 0 aromatic heterocycles. The standard InChI is InChI=1S/C16H18Cl3NO5/c1-8(2)6-11(15(22)24-3)20-12(21)7-25-16(23)13-9(17)4-5-10(18)14(13)19/h4-5,8,11H,6-7H2,1-3H3,(H,20,21). The zero-order chi connectivity index (χ0) is 19.1. The Kier molecular flexibility index (Phi) is 8.48. The first-order valence-electron chi connectivity index (χ1n) is 7.35. The molecule has 1 N–H and O–H groups in total. The number of carbonyl (C=O) groups is 3. The molecule has 1 aromatic carbocycles. The third-order valence-electron chi connectivity index (χ3n) is 3.11. The molecule has 0 radical (unpaired) electrons. The van der Waals surface area contributed by atoms with Crippen molar-refractivity contribution < 1.29 is 23.9 Å². The lowest BCUT2D eigenvalue weighted by Gasteiger charge is -2.18. The molecule has 0 aliphatic heterocycles. The van der Waals surface area contributed by atoms with E-state index in [0.717, 1.165) is 0 Å². The van der Waals surface area contributed by atoms with E-state index in [1.165, 1.54) is 19.2 Å². The SMILES string of the molecule is COC(=O)C(CC(C)C)NC(=O)COC(=O)c1c(Cl)ccc(Cl)c1Cl. The quantitative estimate of drug-likeness (QED) is 0.549. The number of methoxy groups -OCH3 is 1. The Morgan fingerprint density at radius 3 is 2.28 bits per heavy atom. The Labute approximate surface area is 160 Å². The van der Waals surface area contributed by atoms with Gasteiger partial charge in [-0.05, 0) is 24.5 Å². The Hall–Kier alpha value is -1.50. The molecule has 0 fully saturated rings. The monoisotopic (exact) mass is 409 g/mol. The van der Waals surface area contributed by atoms with E-state index in [9.17, 15) is 14.4 Å². The number of halogens is 3. The second kappa shape index (κ2) is 9.85. The van der Waals surface area contributed by atoms with Crippen LogP contribution in [0.15, 0.2) is 12.1 Å². The fourth-order valence-corrected chi connectivity index (χ4v) is 2.66. The van der Waals surface area contributed by atoms with Gasteiger partial charge in [0.1, 0.15) is 6.04 Å². The summed E-state index contributed by atoms with van der Waals surface area (Å²) < 4.78 is 9.54. The van der Waals surface area contributed by atoms with Gasteiger partial charge in [-0.2, -0.15) is 0 Å². The Balaban J connectivity index is 2.71. The maximum absolute atomic E-state index is 12.1. The number of esters is 2. The molecule has 1 amide bonds. The highest BCUT2D eigenvalue weighted by Gasteiger charge is 2.24. The first-order chi connectivity index (χ1) is 11.7. The van der Waals surface area contributed by atoms with Crippen molar-refractivity contribution in [2.75, 3.05) is 13.7 Å².